The fourth-order valence-corrected chi connectivity index (χ4v) is 3.62. The molecule has 4 rings (SSSR count). The number of carbonyl (C=O) groups excluding carboxylic acids is 1. The van der Waals surface area contributed by atoms with Crippen LogP contribution in [0, 0.1) is 0 Å². The minimum Gasteiger partial charge on any atom is -0.389 e. The number of nitrogens with zero attached hydrogens (tertiary/aromatic N) is 2. The van der Waals surface area contributed by atoms with Gasteiger partial charge in [-0.3, -0.25) is 4.79 Å². The summed E-state index contributed by atoms with van der Waals surface area (Å²) in [5, 5.41) is 21.2. The van der Waals surface area contributed by atoms with Gasteiger partial charge in [-0.15, -0.1) is 0 Å². The van der Waals surface area contributed by atoms with Crippen LogP contribution in [0.1, 0.15) is 22.3 Å². The maximum Gasteiger partial charge on any atom is 0.252 e. The van der Waals surface area contributed by atoms with E-state index >= 15 is 0 Å². The number of benzene rings is 2. The molecule has 2 aromatic carbocycles. The summed E-state index contributed by atoms with van der Waals surface area (Å²) in [5.41, 5.74) is 1.55. The van der Waals surface area contributed by atoms with E-state index in [1.54, 1.807) is 23.0 Å². The van der Waals surface area contributed by atoms with Crippen molar-refractivity contribution in [2.45, 2.75) is 18.1 Å². The molecule has 0 unspecified atom stereocenters. The third-order valence-electron chi connectivity index (χ3n) is 5.13. The molecule has 3 aromatic rings. The second-order valence-corrected chi connectivity index (χ2v) is 6.76. The molecule has 138 valence electrons. The highest BCUT2D eigenvalue weighted by Gasteiger charge is 2.42. The standard InChI is InChI=1S/C21H22N4O2/c26-19-15-22-13-11-21(19,17-5-2-1-3-6-17)24-20(27)16-7-9-18(10-8-16)25-14-4-12-23-25/h1-10,12,14,19,22,26H,11,13,15H2,(H,24,27)/t19-,21+/m1/s1. The van der Waals surface area contributed by atoms with Crippen LogP contribution in [0.25, 0.3) is 5.69 Å². The van der Waals surface area contributed by atoms with E-state index in [0.29, 0.717) is 18.5 Å². The van der Waals surface area contributed by atoms with Crippen molar-refractivity contribution in [3.63, 3.8) is 0 Å². The minimum atomic E-state index is -0.801. The average molecular weight is 362 g/mol. The van der Waals surface area contributed by atoms with Crippen molar-refractivity contribution in [1.82, 2.24) is 20.4 Å². The lowest BCUT2D eigenvalue weighted by atomic mass is 9.79. The molecule has 0 aliphatic carbocycles. The van der Waals surface area contributed by atoms with Crippen LogP contribution < -0.4 is 10.6 Å². The Balaban J connectivity index is 1.60. The lowest BCUT2D eigenvalue weighted by Gasteiger charge is -2.43. The molecule has 0 radical (unpaired) electrons. The molecule has 1 aromatic heterocycles. The van der Waals surface area contributed by atoms with Crippen LogP contribution in [0.3, 0.4) is 0 Å². The summed E-state index contributed by atoms with van der Waals surface area (Å²) < 4.78 is 1.74. The molecule has 0 spiro atoms. The number of carbonyl (C=O) groups is 1. The van der Waals surface area contributed by atoms with E-state index in [0.717, 1.165) is 17.8 Å². The zero-order chi connectivity index (χ0) is 18.7. The van der Waals surface area contributed by atoms with E-state index in [1.165, 1.54) is 0 Å². The van der Waals surface area contributed by atoms with Crippen LogP contribution in [-0.4, -0.2) is 40.0 Å². The fraction of sp³-hybridized carbons (Fsp3) is 0.238. The minimum absolute atomic E-state index is 0.202. The highest BCUT2D eigenvalue weighted by molar-refractivity contribution is 5.95. The molecule has 1 saturated heterocycles. The van der Waals surface area contributed by atoms with E-state index in [9.17, 15) is 9.90 Å². The van der Waals surface area contributed by atoms with Gasteiger partial charge in [0.2, 0.25) is 0 Å². The molecule has 1 amide bonds. The fourth-order valence-electron chi connectivity index (χ4n) is 3.62. The van der Waals surface area contributed by atoms with E-state index in [-0.39, 0.29) is 5.91 Å². The zero-order valence-electron chi connectivity index (χ0n) is 14.9. The van der Waals surface area contributed by atoms with Gasteiger partial charge in [-0.2, -0.15) is 5.10 Å². The van der Waals surface area contributed by atoms with Crippen LogP contribution >= 0.6 is 0 Å². The molecule has 2 atom stereocenters. The Morgan fingerprint density at radius 2 is 1.93 bits per heavy atom. The molecule has 2 heterocycles. The summed E-state index contributed by atoms with van der Waals surface area (Å²) >= 11 is 0. The number of aromatic nitrogens is 2. The Bertz CT molecular complexity index is 894. The van der Waals surface area contributed by atoms with E-state index in [4.69, 9.17) is 0 Å². The molecule has 1 aliphatic heterocycles. The van der Waals surface area contributed by atoms with Gasteiger partial charge < -0.3 is 15.7 Å². The topological polar surface area (TPSA) is 79.2 Å². The second kappa shape index (κ2) is 7.34. The van der Waals surface area contributed by atoms with E-state index in [2.05, 4.69) is 15.7 Å². The van der Waals surface area contributed by atoms with Gasteiger partial charge in [0.15, 0.2) is 0 Å². The molecule has 6 heteroatoms. The number of nitrogens with one attached hydrogen (secondary N) is 2. The lowest BCUT2D eigenvalue weighted by Crippen LogP contribution is -2.61. The van der Waals surface area contributed by atoms with Gasteiger partial charge in [-0.1, -0.05) is 30.3 Å². The normalized spacial score (nSPS) is 22.3. The predicted octanol–water partition coefficient (Wildman–Crippen LogP) is 1.85. The molecule has 1 fully saturated rings. The predicted molar refractivity (Wildman–Crippen MR) is 103 cm³/mol. The first-order valence-electron chi connectivity index (χ1n) is 9.06. The second-order valence-electron chi connectivity index (χ2n) is 6.76. The quantitative estimate of drug-likeness (QED) is 0.662. The Kier molecular flexibility index (Phi) is 4.75. The molecule has 3 N–H and O–H groups in total. The van der Waals surface area contributed by atoms with E-state index < -0.39 is 11.6 Å². The monoisotopic (exact) mass is 362 g/mol. The van der Waals surface area contributed by atoms with Gasteiger partial charge in [-0.25, -0.2) is 4.68 Å². The van der Waals surface area contributed by atoms with Gasteiger partial charge in [0.05, 0.1) is 17.3 Å². The van der Waals surface area contributed by atoms with Gasteiger partial charge in [0.25, 0.3) is 5.91 Å². The first-order chi connectivity index (χ1) is 13.2. The first-order valence-corrected chi connectivity index (χ1v) is 9.06. The van der Waals surface area contributed by atoms with Gasteiger partial charge in [-0.05, 0) is 48.9 Å². The number of rotatable bonds is 4. The van der Waals surface area contributed by atoms with Crippen LogP contribution in [0.5, 0.6) is 0 Å². The highest BCUT2D eigenvalue weighted by Crippen LogP contribution is 2.31. The van der Waals surface area contributed by atoms with Crippen LogP contribution in [0.4, 0.5) is 0 Å². The average Bonchev–Trinajstić information content (AvgIpc) is 3.25. The summed E-state index contributed by atoms with van der Waals surface area (Å²) in [4.78, 5) is 13.0. The number of hydrogen-bond donors (Lipinski definition) is 3. The van der Waals surface area contributed by atoms with E-state index in [1.807, 2.05) is 54.7 Å². The molecule has 6 nitrogen and oxygen atoms in total. The number of amides is 1. The smallest absolute Gasteiger partial charge is 0.252 e. The Morgan fingerprint density at radius 1 is 1.15 bits per heavy atom. The SMILES string of the molecule is O=C(N[C@]1(c2ccccc2)CCNC[C@H]1O)c1ccc(-n2cccn2)cc1. The van der Waals surface area contributed by atoms with Crippen molar-refractivity contribution >= 4 is 5.91 Å². The van der Waals surface area contributed by atoms with Gasteiger partial charge >= 0.3 is 0 Å². The van der Waals surface area contributed by atoms with Crippen molar-refractivity contribution in [2.75, 3.05) is 13.1 Å². The summed E-state index contributed by atoms with van der Waals surface area (Å²) in [6, 6.07) is 18.8. The maximum atomic E-state index is 13.0. The molecule has 0 saturated carbocycles. The van der Waals surface area contributed by atoms with Crippen LogP contribution in [-0.2, 0) is 5.54 Å². The number of aliphatic hydroxyl groups excluding tert-OH is 1. The Hall–Kier alpha value is -2.96. The molecule has 27 heavy (non-hydrogen) atoms. The van der Waals surface area contributed by atoms with Crippen molar-refractivity contribution in [3.8, 4) is 5.69 Å². The highest BCUT2D eigenvalue weighted by atomic mass is 16.3. The van der Waals surface area contributed by atoms with Gasteiger partial charge in [0, 0.05) is 24.5 Å². The number of piperidine rings is 1. The number of β-amino-alcohol motifs (C(OH)–C–C–N with tert-alkyl or cyclic N) is 1. The first kappa shape index (κ1) is 17.5. The van der Waals surface area contributed by atoms with Crippen molar-refractivity contribution in [3.05, 3.63) is 84.2 Å². The summed E-state index contributed by atoms with van der Waals surface area (Å²) in [6.45, 7) is 1.16. The lowest BCUT2D eigenvalue weighted by molar-refractivity contribution is 0.0289. The molecule has 1 aliphatic rings. The van der Waals surface area contributed by atoms with Crippen molar-refractivity contribution < 1.29 is 9.90 Å². The largest absolute Gasteiger partial charge is 0.389 e. The summed E-state index contributed by atoms with van der Waals surface area (Å²) in [7, 11) is 0. The Morgan fingerprint density at radius 3 is 2.59 bits per heavy atom. The Labute approximate surface area is 157 Å². The van der Waals surface area contributed by atoms with Crippen molar-refractivity contribution in [2.24, 2.45) is 0 Å². The third kappa shape index (κ3) is 3.37. The molecular weight excluding hydrogens is 340 g/mol. The van der Waals surface area contributed by atoms with Crippen LogP contribution in [0.2, 0.25) is 0 Å². The molecule has 0 bridgehead atoms. The summed E-state index contributed by atoms with van der Waals surface area (Å²) in [6.07, 6.45) is 3.48. The van der Waals surface area contributed by atoms with Crippen molar-refractivity contribution in [1.29, 1.82) is 0 Å². The number of hydrogen-bond acceptors (Lipinski definition) is 4. The maximum absolute atomic E-state index is 13.0. The number of aliphatic hydroxyl groups is 1. The zero-order valence-corrected chi connectivity index (χ0v) is 14.9. The van der Waals surface area contributed by atoms with Crippen LogP contribution in [0.15, 0.2) is 73.1 Å². The third-order valence-corrected chi connectivity index (χ3v) is 5.13. The summed E-state index contributed by atoms with van der Waals surface area (Å²) in [5.74, 6) is -0.202. The van der Waals surface area contributed by atoms with Gasteiger partial charge in [0.1, 0.15) is 0 Å². The molecular formula is C21H22N4O2.